The highest BCUT2D eigenvalue weighted by molar-refractivity contribution is 5.98. The number of rotatable bonds is 3. The lowest BCUT2D eigenvalue weighted by Gasteiger charge is -2.13. The summed E-state index contributed by atoms with van der Waals surface area (Å²) >= 11 is 0. The molecule has 1 aromatic rings. The van der Waals surface area contributed by atoms with E-state index in [0.29, 0.717) is 11.5 Å². The van der Waals surface area contributed by atoms with Gasteiger partial charge in [0, 0.05) is 11.6 Å². The van der Waals surface area contributed by atoms with Crippen LogP contribution in [0.4, 0.5) is 5.69 Å². The molecule has 0 spiro atoms. The largest absolute Gasteiger partial charge is 0.349 e. The molecule has 2 unspecified atom stereocenters. The van der Waals surface area contributed by atoms with Crippen LogP contribution in [0.1, 0.15) is 42.1 Å². The van der Waals surface area contributed by atoms with E-state index in [1.807, 2.05) is 0 Å². The van der Waals surface area contributed by atoms with Crippen LogP contribution in [-0.2, 0) is 0 Å². The second-order valence-corrected chi connectivity index (χ2v) is 5.32. The number of nitro benzene ring substituents is 1. The van der Waals surface area contributed by atoms with Gasteiger partial charge in [0.25, 0.3) is 11.6 Å². The van der Waals surface area contributed by atoms with Crippen LogP contribution in [0.3, 0.4) is 0 Å². The van der Waals surface area contributed by atoms with Crippen molar-refractivity contribution in [2.75, 3.05) is 0 Å². The molecule has 1 N–H and O–H groups in total. The van der Waals surface area contributed by atoms with Crippen molar-refractivity contribution in [2.45, 2.75) is 39.2 Å². The Bertz CT molecular complexity index is 513. The van der Waals surface area contributed by atoms with E-state index in [0.717, 1.165) is 19.3 Å². The normalized spacial score (nSPS) is 22.2. The van der Waals surface area contributed by atoms with Gasteiger partial charge in [-0.05, 0) is 38.2 Å². The number of nitro groups is 1. The molecule has 0 heterocycles. The number of nitrogens with one attached hydrogen (secondary N) is 1. The monoisotopic (exact) mass is 262 g/mol. The number of para-hydroxylation sites is 1. The highest BCUT2D eigenvalue weighted by Gasteiger charge is 2.27. The van der Waals surface area contributed by atoms with E-state index in [4.69, 9.17) is 0 Å². The van der Waals surface area contributed by atoms with Gasteiger partial charge in [-0.15, -0.1) is 0 Å². The second kappa shape index (κ2) is 5.38. The zero-order valence-electron chi connectivity index (χ0n) is 11.2. The molecule has 1 amide bonds. The maximum Gasteiger partial charge on any atom is 0.285 e. The summed E-state index contributed by atoms with van der Waals surface area (Å²) in [5.74, 6) is 0.271. The molecule has 102 valence electrons. The molecule has 1 fully saturated rings. The minimum absolute atomic E-state index is 0.0916. The number of aryl methyl sites for hydroxylation is 1. The van der Waals surface area contributed by atoms with E-state index < -0.39 is 4.92 Å². The third kappa shape index (κ3) is 2.92. The first kappa shape index (κ1) is 13.5. The number of amides is 1. The van der Waals surface area contributed by atoms with E-state index in [1.165, 1.54) is 6.07 Å². The average Bonchev–Trinajstić information content (AvgIpc) is 2.73. The minimum atomic E-state index is -0.485. The first-order chi connectivity index (χ1) is 8.99. The fourth-order valence-electron chi connectivity index (χ4n) is 2.69. The number of carbonyl (C=O) groups excluding carboxylic acids is 1. The molecular weight excluding hydrogens is 244 g/mol. The fourth-order valence-corrected chi connectivity index (χ4v) is 2.69. The van der Waals surface area contributed by atoms with Crippen LogP contribution in [0.15, 0.2) is 18.2 Å². The van der Waals surface area contributed by atoms with Crippen molar-refractivity contribution < 1.29 is 9.72 Å². The maximum atomic E-state index is 12.2. The number of hydrogen-bond donors (Lipinski definition) is 1. The molecule has 0 aromatic heterocycles. The molecule has 1 aromatic carbocycles. The quantitative estimate of drug-likeness (QED) is 0.672. The second-order valence-electron chi connectivity index (χ2n) is 5.32. The Morgan fingerprint density at radius 3 is 2.74 bits per heavy atom. The molecule has 2 atom stereocenters. The van der Waals surface area contributed by atoms with Crippen molar-refractivity contribution in [3.8, 4) is 0 Å². The third-order valence-corrected chi connectivity index (χ3v) is 3.69. The Hall–Kier alpha value is -1.91. The Kier molecular flexibility index (Phi) is 3.83. The van der Waals surface area contributed by atoms with Gasteiger partial charge in [0.1, 0.15) is 5.56 Å². The molecular formula is C14H18N2O3. The summed E-state index contributed by atoms with van der Waals surface area (Å²) in [6, 6.07) is 4.97. The molecule has 5 nitrogen and oxygen atoms in total. The third-order valence-electron chi connectivity index (χ3n) is 3.69. The number of benzene rings is 1. The van der Waals surface area contributed by atoms with Crippen molar-refractivity contribution in [1.29, 1.82) is 0 Å². The molecule has 0 radical (unpaired) electrons. The van der Waals surface area contributed by atoms with Crippen LogP contribution >= 0.6 is 0 Å². The molecule has 2 rings (SSSR count). The van der Waals surface area contributed by atoms with Crippen LogP contribution in [0.2, 0.25) is 0 Å². The van der Waals surface area contributed by atoms with Gasteiger partial charge in [-0.25, -0.2) is 0 Å². The standard InChI is InChI=1S/C14H18N2O3/c1-9-6-7-11(8-9)15-14(17)12-5-3-4-10(2)13(12)16(18)19/h3-5,9,11H,6-8H2,1-2H3,(H,15,17). The van der Waals surface area contributed by atoms with Gasteiger partial charge in [0.2, 0.25) is 0 Å². The maximum absolute atomic E-state index is 12.2. The van der Waals surface area contributed by atoms with Gasteiger partial charge in [0.15, 0.2) is 0 Å². The summed E-state index contributed by atoms with van der Waals surface area (Å²) in [6.07, 6.45) is 3.00. The molecule has 1 aliphatic carbocycles. The van der Waals surface area contributed by atoms with Crippen LogP contribution in [0.25, 0.3) is 0 Å². The lowest BCUT2D eigenvalue weighted by atomic mass is 10.1. The van der Waals surface area contributed by atoms with Gasteiger partial charge < -0.3 is 5.32 Å². The smallest absolute Gasteiger partial charge is 0.285 e. The van der Waals surface area contributed by atoms with Gasteiger partial charge in [-0.1, -0.05) is 19.1 Å². The summed E-state index contributed by atoms with van der Waals surface area (Å²) in [6.45, 7) is 3.80. The number of nitrogens with zero attached hydrogens (tertiary/aromatic N) is 1. The SMILES string of the molecule is Cc1cccc(C(=O)NC2CCC(C)C2)c1[N+](=O)[O-]. The fraction of sp³-hybridized carbons (Fsp3) is 0.500. The van der Waals surface area contributed by atoms with E-state index in [2.05, 4.69) is 12.2 Å². The predicted molar refractivity (Wildman–Crippen MR) is 72.1 cm³/mol. The van der Waals surface area contributed by atoms with Gasteiger partial charge in [-0.2, -0.15) is 0 Å². The van der Waals surface area contributed by atoms with E-state index in [-0.39, 0.29) is 23.2 Å². The average molecular weight is 262 g/mol. The summed E-state index contributed by atoms with van der Waals surface area (Å²) < 4.78 is 0. The zero-order chi connectivity index (χ0) is 14.0. The van der Waals surface area contributed by atoms with Crippen LogP contribution < -0.4 is 5.32 Å². The summed E-state index contributed by atoms with van der Waals surface area (Å²) in [5.41, 5.74) is 0.577. The van der Waals surface area contributed by atoms with Crippen LogP contribution in [-0.4, -0.2) is 16.9 Å². The van der Waals surface area contributed by atoms with Gasteiger partial charge in [0.05, 0.1) is 4.92 Å². The van der Waals surface area contributed by atoms with Crippen molar-refractivity contribution in [3.63, 3.8) is 0 Å². The van der Waals surface area contributed by atoms with Crippen LogP contribution in [0.5, 0.6) is 0 Å². The molecule has 19 heavy (non-hydrogen) atoms. The van der Waals surface area contributed by atoms with Crippen molar-refractivity contribution >= 4 is 11.6 Å². The molecule has 0 aliphatic heterocycles. The number of carbonyl (C=O) groups is 1. The Labute approximate surface area is 112 Å². The minimum Gasteiger partial charge on any atom is -0.349 e. The molecule has 5 heteroatoms. The van der Waals surface area contributed by atoms with Crippen molar-refractivity contribution in [2.24, 2.45) is 5.92 Å². The van der Waals surface area contributed by atoms with E-state index >= 15 is 0 Å². The Morgan fingerprint density at radius 2 is 2.16 bits per heavy atom. The summed E-state index contributed by atoms with van der Waals surface area (Å²) in [5, 5.41) is 14.0. The van der Waals surface area contributed by atoms with Crippen molar-refractivity contribution in [1.82, 2.24) is 5.32 Å². The van der Waals surface area contributed by atoms with Crippen LogP contribution in [0, 0.1) is 23.0 Å². The number of hydrogen-bond acceptors (Lipinski definition) is 3. The first-order valence-corrected chi connectivity index (χ1v) is 6.54. The predicted octanol–water partition coefficient (Wildman–Crippen LogP) is 2.82. The first-order valence-electron chi connectivity index (χ1n) is 6.54. The van der Waals surface area contributed by atoms with Gasteiger partial charge in [-0.3, -0.25) is 14.9 Å². The molecule has 0 bridgehead atoms. The summed E-state index contributed by atoms with van der Waals surface area (Å²) in [7, 11) is 0. The lowest BCUT2D eigenvalue weighted by Crippen LogP contribution is -2.33. The lowest BCUT2D eigenvalue weighted by molar-refractivity contribution is -0.385. The summed E-state index contributed by atoms with van der Waals surface area (Å²) in [4.78, 5) is 22.7. The van der Waals surface area contributed by atoms with Crippen molar-refractivity contribution in [3.05, 3.63) is 39.4 Å². The Morgan fingerprint density at radius 1 is 1.42 bits per heavy atom. The molecule has 0 saturated heterocycles. The highest BCUT2D eigenvalue weighted by Crippen LogP contribution is 2.27. The Balaban J connectivity index is 2.19. The zero-order valence-corrected chi connectivity index (χ0v) is 11.2. The molecule has 1 aliphatic rings. The highest BCUT2D eigenvalue weighted by atomic mass is 16.6. The van der Waals surface area contributed by atoms with E-state index in [9.17, 15) is 14.9 Å². The molecule has 1 saturated carbocycles. The topological polar surface area (TPSA) is 72.2 Å². The van der Waals surface area contributed by atoms with Gasteiger partial charge >= 0.3 is 0 Å². The van der Waals surface area contributed by atoms with E-state index in [1.54, 1.807) is 19.1 Å².